The Bertz CT molecular complexity index is 188. The maximum atomic E-state index is 5.85. The second-order valence-electron chi connectivity index (χ2n) is 5.24. The van der Waals surface area contributed by atoms with Crippen molar-refractivity contribution >= 4 is 0 Å². The Balaban J connectivity index is 0.00000154. The summed E-state index contributed by atoms with van der Waals surface area (Å²) in [5, 5.41) is 0. The van der Waals surface area contributed by atoms with Crippen LogP contribution in [0.5, 0.6) is 0 Å². The molecule has 0 radical (unpaired) electrons. The van der Waals surface area contributed by atoms with Gasteiger partial charge in [0.25, 0.3) is 0 Å². The number of morpholine rings is 1. The van der Waals surface area contributed by atoms with Crippen molar-refractivity contribution in [1.29, 1.82) is 0 Å². The van der Waals surface area contributed by atoms with Gasteiger partial charge in [0.05, 0.1) is 12.7 Å². The Kier molecular flexibility index (Phi) is 12.8. The molecule has 0 aromatic rings. The van der Waals surface area contributed by atoms with E-state index in [9.17, 15) is 0 Å². The molecule has 0 saturated carbocycles. The molecule has 1 fully saturated rings. The first-order valence-electron chi connectivity index (χ1n) is 8.28. The standard InChI is InChI=1S/C14H30N2O.C2H6/c1-4-6-9-16-11-12-17-14(13-16)7-10-15(3)8-5-2;1-2/h14H,4-13H2,1-3H3;1-2H3. The van der Waals surface area contributed by atoms with Crippen molar-refractivity contribution in [1.82, 2.24) is 9.80 Å². The first-order valence-corrected chi connectivity index (χ1v) is 8.28. The lowest BCUT2D eigenvalue weighted by Gasteiger charge is -2.33. The van der Waals surface area contributed by atoms with Crippen LogP contribution in [0.1, 0.15) is 53.4 Å². The Hall–Kier alpha value is -0.120. The smallest absolute Gasteiger partial charge is 0.0714 e. The lowest BCUT2D eigenvalue weighted by molar-refractivity contribution is -0.0350. The van der Waals surface area contributed by atoms with Gasteiger partial charge in [0.1, 0.15) is 0 Å². The molecule has 19 heavy (non-hydrogen) atoms. The predicted molar refractivity (Wildman–Crippen MR) is 84.8 cm³/mol. The Morgan fingerprint density at radius 2 is 1.89 bits per heavy atom. The maximum Gasteiger partial charge on any atom is 0.0714 e. The first kappa shape index (κ1) is 18.9. The molecule has 0 aliphatic carbocycles. The molecule has 3 heteroatoms. The molecular formula is C16H36N2O. The molecule has 0 amide bonds. The van der Waals surface area contributed by atoms with Crippen molar-refractivity contribution in [3.8, 4) is 0 Å². The zero-order valence-corrected chi connectivity index (χ0v) is 14.0. The van der Waals surface area contributed by atoms with Crippen LogP contribution in [0.15, 0.2) is 0 Å². The third kappa shape index (κ3) is 9.42. The fourth-order valence-electron chi connectivity index (χ4n) is 2.40. The second-order valence-corrected chi connectivity index (χ2v) is 5.24. The SMILES string of the molecule is CC.CCCCN1CCOC(CCN(C)CCC)C1. The predicted octanol–water partition coefficient (Wildman–Crippen LogP) is 3.25. The van der Waals surface area contributed by atoms with E-state index in [0.29, 0.717) is 6.10 Å². The van der Waals surface area contributed by atoms with Crippen LogP contribution in [0.4, 0.5) is 0 Å². The van der Waals surface area contributed by atoms with Gasteiger partial charge in [-0.1, -0.05) is 34.1 Å². The van der Waals surface area contributed by atoms with Crippen molar-refractivity contribution in [2.24, 2.45) is 0 Å². The number of rotatable bonds is 8. The van der Waals surface area contributed by atoms with Crippen molar-refractivity contribution in [3.05, 3.63) is 0 Å². The molecule has 3 nitrogen and oxygen atoms in total. The minimum atomic E-state index is 0.458. The van der Waals surface area contributed by atoms with Gasteiger partial charge in [0.2, 0.25) is 0 Å². The summed E-state index contributed by atoms with van der Waals surface area (Å²) < 4.78 is 5.85. The number of unbranched alkanes of at least 4 members (excludes halogenated alkanes) is 1. The highest BCUT2D eigenvalue weighted by Gasteiger charge is 2.19. The van der Waals surface area contributed by atoms with Gasteiger partial charge >= 0.3 is 0 Å². The molecule has 1 rings (SSSR count). The number of nitrogens with zero attached hydrogens (tertiary/aromatic N) is 2. The molecule has 0 bridgehead atoms. The normalized spacial score (nSPS) is 20.2. The molecule has 0 aromatic carbocycles. The third-order valence-electron chi connectivity index (χ3n) is 3.49. The van der Waals surface area contributed by atoms with Crippen LogP contribution in [0.25, 0.3) is 0 Å². The highest BCUT2D eigenvalue weighted by Crippen LogP contribution is 2.10. The van der Waals surface area contributed by atoms with Gasteiger partial charge in [-0.05, 0) is 39.4 Å². The zero-order valence-electron chi connectivity index (χ0n) is 14.0. The van der Waals surface area contributed by atoms with Crippen LogP contribution < -0.4 is 0 Å². The van der Waals surface area contributed by atoms with E-state index in [1.165, 1.54) is 45.3 Å². The molecular weight excluding hydrogens is 236 g/mol. The quantitative estimate of drug-likeness (QED) is 0.674. The molecule has 1 atom stereocenters. The minimum Gasteiger partial charge on any atom is -0.376 e. The minimum absolute atomic E-state index is 0.458. The first-order chi connectivity index (χ1) is 9.26. The van der Waals surface area contributed by atoms with E-state index in [-0.39, 0.29) is 0 Å². The number of hydrogen-bond acceptors (Lipinski definition) is 3. The topological polar surface area (TPSA) is 15.7 Å². The van der Waals surface area contributed by atoms with Gasteiger partial charge in [0, 0.05) is 19.6 Å². The summed E-state index contributed by atoms with van der Waals surface area (Å²) in [4.78, 5) is 4.98. The van der Waals surface area contributed by atoms with Gasteiger partial charge in [-0.2, -0.15) is 0 Å². The zero-order chi connectivity index (χ0) is 14.5. The maximum absolute atomic E-state index is 5.85. The van der Waals surface area contributed by atoms with Crippen LogP contribution in [-0.4, -0.2) is 62.3 Å². The van der Waals surface area contributed by atoms with E-state index in [1.807, 2.05) is 13.8 Å². The second kappa shape index (κ2) is 12.9. The van der Waals surface area contributed by atoms with Crippen LogP contribution in [-0.2, 0) is 4.74 Å². The van der Waals surface area contributed by atoms with Crippen molar-refractivity contribution in [2.75, 3.05) is 46.4 Å². The van der Waals surface area contributed by atoms with E-state index in [2.05, 4.69) is 30.7 Å². The van der Waals surface area contributed by atoms with Crippen molar-refractivity contribution in [2.45, 2.75) is 59.5 Å². The van der Waals surface area contributed by atoms with E-state index in [4.69, 9.17) is 4.74 Å². The van der Waals surface area contributed by atoms with Crippen molar-refractivity contribution in [3.63, 3.8) is 0 Å². The van der Waals surface area contributed by atoms with Crippen LogP contribution >= 0.6 is 0 Å². The number of hydrogen-bond donors (Lipinski definition) is 0. The molecule has 116 valence electrons. The van der Waals surface area contributed by atoms with Gasteiger partial charge < -0.3 is 9.64 Å². The average Bonchev–Trinajstić information content (AvgIpc) is 2.46. The van der Waals surface area contributed by atoms with Gasteiger partial charge in [-0.25, -0.2) is 0 Å². The van der Waals surface area contributed by atoms with Gasteiger partial charge in [0.15, 0.2) is 0 Å². The summed E-state index contributed by atoms with van der Waals surface area (Å²) in [6.07, 6.45) is 5.49. The van der Waals surface area contributed by atoms with Crippen LogP contribution in [0.3, 0.4) is 0 Å². The molecule has 0 N–H and O–H groups in total. The largest absolute Gasteiger partial charge is 0.376 e. The van der Waals surface area contributed by atoms with E-state index in [0.717, 1.165) is 19.7 Å². The van der Waals surface area contributed by atoms with Gasteiger partial charge in [-0.3, -0.25) is 4.90 Å². The van der Waals surface area contributed by atoms with Gasteiger partial charge in [-0.15, -0.1) is 0 Å². The molecule has 1 unspecified atom stereocenters. The molecule has 0 aromatic heterocycles. The highest BCUT2D eigenvalue weighted by atomic mass is 16.5. The summed E-state index contributed by atoms with van der Waals surface area (Å²) in [6.45, 7) is 15.3. The van der Waals surface area contributed by atoms with E-state index in [1.54, 1.807) is 0 Å². The fraction of sp³-hybridized carbons (Fsp3) is 1.00. The Morgan fingerprint density at radius 3 is 2.53 bits per heavy atom. The van der Waals surface area contributed by atoms with Crippen LogP contribution in [0, 0.1) is 0 Å². The van der Waals surface area contributed by atoms with E-state index < -0.39 is 0 Å². The number of ether oxygens (including phenoxy) is 1. The monoisotopic (exact) mass is 272 g/mol. The fourth-order valence-corrected chi connectivity index (χ4v) is 2.40. The van der Waals surface area contributed by atoms with Crippen LogP contribution in [0.2, 0.25) is 0 Å². The Labute approximate surface area is 121 Å². The lowest BCUT2D eigenvalue weighted by Crippen LogP contribution is -2.43. The summed E-state index contributed by atoms with van der Waals surface area (Å²) in [7, 11) is 2.21. The molecule has 1 aliphatic rings. The molecule has 1 aliphatic heterocycles. The highest BCUT2D eigenvalue weighted by molar-refractivity contribution is 4.72. The molecule has 1 saturated heterocycles. The summed E-state index contributed by atoms with van der Waals surface area (Å²) in [6, 6.07) is 0. The van der Waals surface area contributed by atoms with Crippen molar-refractivity contribution < 1.29 is 4.74 Å². The molecule has 0 spiro atoms. The van der Waals surface area contributed by atoms with E-state index >= 15 is 0 Å². The lowest BCUT2D eigenvalue weighted by atomic mass is 10.2. The average molecular weight is 272 g/mol. The molecule has 1 heterocycles. The summed E-state index contributed by atoms with van der Waals surface area (Å²) >= 11 is 0. The Morgan fingerprint density at radius 1 is 1.16 bits per heavy atom. The summed E-state index contributed by atoms with van der Waals surface area (Å²) in [5.74, 6) is 0. The third-order valence-corrected chi connectivity index (χ3v) is 3.49. The summed E-state index contributed by atoms with van der Waals surface area (Å²) in [5.41, 5.74) is 0.